The van der Waals surface area contributed by atoms with E-state index in [9.17, 15) is 0 Å². The highest BCUT2D eigenvalue weighted by molar-refractivity contribution is 4.91. The zero-order valence-corrected chi connectivity index (χ0v) is 12.0. The lowest BCUT2D eigenvalue weighted by Crippen LogP contribution is -2.51. The molecule has 18 heavy (non-hydrogen) atoms. The van der Waals surface area contributed by atoms with Gasteiger partial charge in [-0.05, 0) is 64.0 Å². The van der Waals surface area contributed by atoms with Crippen molar-refractivity contribution in [2.24, 2.45) is 11.8 Å². The van der Waals surface area contributed by atoms with Crippen molar-refractivity contribution >= 4 is 0 Å². The van der Waals surface area contributed by atoms with Crippen molar-refractivity contribution in [1.29, 1.82) is 0 Å². The van der Waals surface area contributed by atoms with Gasteiger partial charge < -0.3 is 5.32 Å². The van der Waals surface area contributed by atoms with Crippen molar-refractivity contribution in [1.82, 2.24) is 10.2 Å². The average Bonchev–Trinajstić information content (AvgIpc) is 3.24. The lowest BCUT2D eigenvalue weighted by molar-refractivity contribution is 0.0554. The largest absolute Gasteiger partial charge is 0.318 e. The summed E-state index contributed by atoms with van der Waals surface area (Å²) in [4.78, 5) is 2.88. The smallest absolute Gasteiger partial charge is 0.0223 e. The van der Waals surface area contributed by atoms with E-state index < -0.39 is 0 Å². The molecule has 0 aromatic heterocycles. The molecule has 0 radical (unpaired) electrons. The van der Waals surface area contributed by atoms with Gasteiger partial charge in [0.1, 0.15) is 0 Å². The SMILES string of the molecule is CNCC1CCCCN1C1CCCC(C2CC2)C1. The topological polar surface area (TPSA) is 15.3 Å². The monoisotopic (exact) mass is 250 g/mol. The molecule has 2 aliphatic carbocycles. The summed E-state index contributed by atoms with van der Waals surface area (Å²) in [6.07, 6.45) is 13.4. The van der Waals surface area contributed by atoms with Crippen LogP contribution in [0.15, 0.2) is 0 Å². The maximum Gasteiger partial charge on any atom is 0.0223 e. The van der Waals surface area contributed by atoms with E-state index in [2.05, 4.69) is 17.3 Å². The zero-order chi connectivity index (χ0) is 12.4. The van der Waals surface area contributed by atoms with Crippen molar-refractivity contribution < 1.29 is 0 Å². The molecule has 3 fully saturated rings. The van der Waals surface area contributed by atoms with Gasteiger partial charge in [-0.1, -0.05) is 19.3 Å². The molecule has 0 aromatic rings. The van der Waals surface area contributed by atoms with E-state index in [0.717, 1.165) is 23.9 Å². The fraction of sp³-hybridized carbons (Fsp3) is 1.00. The van der Waals surface area contributed by atoms with Crippen LogP contribution < -0.4 is 5.32 Å². The van der Waals surface area contributed by atoms with E-state index in [1.54, 1.807) is 0 Å². The number of rotatable bonds is 4. The Morgan fingerprint density at radius 2 is 1.83 bits per heavy atom. The predicted octanol–water partition coefficient (Wildman–Crippen LogP) is 3.03. The Balaban J connectivity index is 1.59. The van der Waals surface area contributed by atoms with Crippen LogP contribution in [0.3, 0.4) is 0 Å². The van der Waals surface area contributed by atoms with Crippen LogP contribution in [0, 0.1) is 11.8 Å². The van der Waals surface area contributed by atoms with Crippen LogP contribution in [0.4, 0.5) is 0 Å². The van der Waals surface area contributed by atoms with E-state index in [4.69, 9.17) is 0 Å². The van der Waals surface area contributed by atoms with E-state index in [0.29, 0.717) is 0 Å². The molecule has 1 heterocycles. The summed E-state index contributed by atoms with van der Waals surface area (Å²) in [5, 5.41) is 3.41. The van der Waals surface area contributed by atoms with Gasteiger partial charge in [0.25, 0.3) is 0 Å². The number of nitrogens with one attached hydrogen (secondary N) is 1. The quantitative estimate of drug-likeness (QED) is 0.825. The maximum atomic E-state index is 3.41. The normalized spacial score (nSPS) is 38.8. The van der Waals surface area contributed by atoms with Crippen molar-refractivity contribution in [2.45, 2.75) is 69.9 Å². The standard InChI is InChI=1S/C16H30N2/c1-17-12-16-6-2-3-10-18(16)15-7-4-5-14(11-15)13-8-9-13/h13-17H,2-12H2,1H3. The Bertz CT molecular complexity index is 260. The summed E-state index contributed by atoms with van der Waals surface area (Å²) in [5.41, 5.74) is 0. The second-order valence-corrected chi connectivity index (χ2v) is 6.86. The molecule has 0 aromatic carbocycles. The van der Waals surface area contributed by atoms with Crippen LogP contribution in [0.5, 0.6) is 0 Å². The molecule has 2 saturated carbocycles. The molecule has 1 aliphatic heterocycles. The Hall–Kier alpha value is -0.0800. The minimum atomic E-state index is 0.826. The first-order valence-corrected chi connectivity index (χ1v) is 8.29. The fourth-order valence-corrected chi connectivity index (χ4v) is 4.46. The Kier molecular flexibility index (Phi) is 4.25. The highest BCUT2D eigenvalue weighted by Gasteiger charge is 2.38. The van der Waals surface area contributed by atoms with Crippen molar-refractivity contribution in [3.63, 3.8) is 0 Å². The Morgan fingerprint density at radius 1 is 0.944 bits per heavy atom. The van der Waals surface area contributed by atoms with Crippen LogP contribution in [0.25, 0.3) is 0 Å². The molecule has 0 spiro atoms. The molecule has 104 valence electrons. The van der Waals surface area contributed by atoms with Crippen molar-refractivity contribution in [3.8, 4) is 0 Å². The zero-order valence-electron chi connectivity index (χ0n) is 12.0. The van der Waals surface area contributed by atoms with E-state index in [1.165, 1.54) is 70.9 Å². The van der Waals surface area contributed by atoms with Gasteiger partial charge in [-0.2, -0.15) is 0 Å². The third-order valence-corrected chi connectivity index (χ3v) is 5.56. The number of hydrogen-bond acceptors (Lipinski definition) is 2. The molecule has 3 aliphatic rings. The summed E-state index contributed by atoms with van der Waals surface area (Å²) >= 11 is 0. The van der Waals surface area contributed by atoms with Gasteiger partial charge in [0.15, 0.2) is 0 Å². The summed E-state index contributed by atoms with van der Waals surface area (Å²) in [6, 6.07) is 1.75. The molecule has 0 bridgehead atoms. The minimum Gasteiger partial charge on any atom is -0.318 e. The summed E-state index contributed by atoms with van der Waals surface area (Å²) in [6.45, 7) is 2.57. The summed E-state index contributed by atoms with van der Waals surface area (Å²) in [5.74, 6) is 2.21. The van der Waals surface area contributed by atoms with Gasteiger partial charge >= 0.3 is 0 Å². The number of hydrogen-bond donors (Lipinski definition) is 1. The Labute approximate surface area is 113 Å². The molecule has 2 nitrogen and oxygen atoms in total. The highest BCUT2D eigenvalue weighted by Crippen LogP contribution is 2.45. The number of likely N-dealkylation sites (N-methyl/N-ethyl adjacent to an activating group) is 1. The molecular weight excluding hydrogens is 220 g/mol. The second kappa shape index (κ2) is 5.92. The van der Waals surface area contributed by atoms with Crippen LogP contribution in [0.1, 0.15) is 57.8 Å². The minimum absolute atomic E-state index is 0.826. The molecule has 3 atom stereocenters. The van der Waals surface area contributed by atoms with Gasteiger partial charge in [-0.15, -0.1) is 0 Å². The van der Waals surface area contributed by atoms with Gasteiger partial charge in [-0.25, -0.2) is 0 Å². The van der Waals surface area contributed by atoms with Crippen LogP contribution >= 0.6 is 0 Å². The first-order chi connectivity index (χ1) is 8.88. The van der Waals surface area contributed by atoms with Crippen LogP contribution in [0.2, 0.25) is 0 Å². The molecule has 3 rings (SSSR count). The van der Waals surface area contributed by atoms with E-state index in [-0.39, 0.29) is 0 Å². The maximum absolute atomic E-state index is 3.41. The summed E-state index contributed by atoms with van der Waals surface area (Å²) < 4.78 is 0. The van der Waals surface area contributed by atoms with Crippen LogP contribution in [-0.4, -0.2) is 37.1 Å². The first kappa shape index (κ1) is 12.9. The highest BCUT2D eigenvalue weighted by atomic mass is 15.2. The fourth-order valence-electron chi connectivity index (χ4n) is 4.46. The average molecular weight is 250 g/mol. The lowest BCUT2D eigenvalue weighted by Gasteiger charge is -2.44. The Morgan fingerprint density at radius 3 is 2.61 bits per heavy atom. The van der Waals surface area contributed by atoms with Gasteiger partial charge in [-0.3, -0.25) is 4.90 Å². The molecular formula is C16H30N2. The third kappa shape index (κ3) is 2.91. The summed E-state index contributed by atoms with van der Waals surface area (Å²) in [7, 11) is 2.11. The number of nitrogens with zero attached hydrogens (tertiary/aromatic N) is 1. The van der Waals surface area contributed by atoms with Gasteiger partial charge in [0, 0.05) is 18.6 Å². The molecule has 0 amide bonds. The van der Waals surface area contributed by atoms with Crippen LogP contribution in [-0.2, 0) is 0 Å². The van der Waals surface area contributed by atoms with Crippen molar-refractivity contribution in [2.75, 3.05) is 20.1 Å². The third-order valence-electron chi connectivity index (χ3n) is 5.56. The molecule has 3 unspecified atom stereocenters. The molecule has 1 saturated heterocycles. The van der Waals surface area contributed by atoms with E-state index >= 15 is 0 Å². The number of piperidine rings is 1. The predicted molar refractivity (Wildman–Crippen MR) is 76.7 cm³/mol. The lowest BCUT2D eigenvalue weighted by atomic mass is 9.81. The molecule has 2 heteroatoms. The van der Waals surface area contributed by atoms with Gasteiger partial charge in [0.05, 0.1) is 0 Å². The van der Waals surface area contributed by atoms with Gasteiger partial charge in [0.2, 0.25) is 0 Å². The molecule has 1 N–H and O–H groups in total. The van der Waals surface area contributed by atoms with Crippen molar-refractivity contribution in [3.05, 3.63) is 0 Å². The second-order valence-electron chi connectivity index (χ2n) is 6.86. The number of likely N-dealkylation sites (tertiary alicyclic amines) is 1. The first-order valence-electron chi connectivity index (χ1n) is 8.29. The van der Waals surface area contributed by atoms with E-state index in [1.807, 2.05) is 0 Å².